The summed E-state index contributed by atoms with van der Waals surface area (Å²) in [5.74, 6) is 0.374. The molecule has 0 saturated carbocycles. The Labute approximate surface area is 174 Å². The zero-order valence-electron chi connectivity index (χ0n) is 16.1. The first kappa shape index (κ1) is 21.0. The second-order valence-electron chi connectivity index (χ2n) is 6.29. The van der Waals surface area contributed by atoms with Crippen molar-refractivity contribution in [3.05, 3.63) is 58.5 Å². The maximum absolute atomic E-state index is 13.5. The normalized spacial score (nSPS) is 17.0. The number of carbonyl (C=O) groups is 1. The molecule has 0 aliphatic carbocycles. The number of methoxy groups -OCH3 is 3. The number of anilines is 1. The van der Waals surface area contributed by atoms with Gasteiger partial charge >= 0.3 is 0 Å². The van der Waals surface area contributed by atoms with E-state index in [9.17, 15) is 13.2 Å². The summed E-state index contributed by atoms with van der Waals surface area (Å²) >= 11 is 5.97. The van der Waals surface area contributed by atoms with Crippen molar-refractivity contribution in [1.82, 2.24) is 0 Å². The van der Waals surface area contributed by atoms with E-state index in [1.165, 1.54) is 44.4 Å². The lowest BCUT2D eigenvalue weighted by Gasteiger charge is -2.28. The Morgan fingerprint density at radius 1 is 1.03 bits per heavy atom. The standard InChI is InChI=1S/C20H20ClNO6S/c1-26-17-10-13(11-18(27-2)19(17)28-3)20(23)22(15-6-4-14(21)5-7-15)16-8-9-29(24,25)12-16/h4-11,16H,12H2,1-3H3. The smallest absolute Gasteiger partial charge is 0.259 e. The fourth-order valence-electron chi connectivity index (χ4n) is 3.12. The van der Waals surface area contributed by atoms with Crippen molar-refractivity contribution in [2.45, 2.75) is 6.04 Å². The molecule has 0 saturated heterocycles. The van der Waals surface area contributed by atoms with Gasteiger partial charge in [-0.25, -0.2) is 8.42 Å². The van der Waals surface area contributed by atoms with E-state index < -0.39 is 21.8 Å². The monoisotopic (exact) mass is 437 g/mol. The summed E-state index contributed by atoms with van der Waals surface area (Å²) < 4.78 is 39.9. The first-order valence-corrected chi connectivity index (χ1v) is 10.7. The van der Waals surface area contributed by atoms with E-state index in [2.05, 4.69) is 0 Å². The van der Waals surface area contributed by atoms with Crippen LogP contribution in [0.4, 0.5) is 5.69 Å². The SMILES string of the molecule is COc1cc(C(=O)N(c2ccc(Cl)cc2)C2C=CS(=O)(=O)C2)cc(OC)c1OC. The van der Waals surface area contributed by atoms with Crippen molar-refractivity contribution in [2.24, 2.45) is 0 Å². The van der Waals surface area contributed by atoms with Gasteiger partial charge in [-0.05, 0) is 42.5 Å². The van der Waals surface area contributed by atoms with E-state index in [-0.39, 0.29) is 11.3 Å². The number of nitrogens with zero attached hydrogens (tertiary/aromatic N) is 1. The molecule has 0 spiro atoms. The Bertz CT molecular complexity index is 1020. The Morgan fingerprint density at radius 3 is 2.07 bits per heavy atom. The zero-order chi connectivity index (χ0) is 21.2. The molecule has 154 valence electrons. The molecule has 0 fully saturated rings. The van der Waals surface area contributed by atoms with E-state index in [0.29, 0.717) is 28.0 Å². The third-order valence-corrected chi connectivity index (χ3v) is 6.11. The highest BCUT2D eigenvalue weighted by molar-refractivity contribution is 7.94. The number of sulfone groups is 1. The van der Waals surface area contributed by atoms with Crippen molar-refractivity contribution >= 4 is 33.0 Å². The molecule has 0 N–H and O–H groups in total. The minimum absolute atomic E-state index is 0.203. The van der Waals surface area contributed by atoms with E-state index >= 15 is 0 Å². The molecule has 0 radical (unpaired) electrons. The number of halogens is 1. The van der Waals surface area contributed by atoms with Crippen LogP contribution in [0.2, 0.25) is 5.02 Å². The van der Waals surface area contributed by atoms with Crippen LogP contribution in [-0.2, 0) is 9.84 Å². The Kier molecular flexibility index (Phi) is 6.04. The van der Waals surface area contributed by atoms with Crippen molar-refractivity contribution < 1.29 is 27.4 Å². The molecule has 1 heterocycles. The quantitative estimate of drug-likeness (QED) is 0.689. The number of amides is 1. The van der Waals surface area contributed by atoms with Crippen molar-refractivity contribution in [3.8, 4) is 17.2 Å². The number of hydrogen-bond acceptors (Lipinski definition) is 6. The summed E-state index contributed by atoms with van der Waals surface area (Å²) in [5.41, 5.74) is 0.770. The summed E-state index contributed by atoms with van der Waals surface area (Å²) in [4.78, 5) is 14.9. The van der Waals surface area contributed by atoms with Gasteiger partial charge in [0.2, 0.25) is 5.75 Å². The molecule has 0 bridgehead atoms. The molecule has 0 aromatic heterocycles. The number of benzene rings is 2. The third kappa shape index (κ3) is 4.33. The van der Waals surface area contributed by atoms with Gasteiger partial charge in [-0.15, -0.1) is 0 Å². The summed E-state index contributed by atoms with van der Waals surface area (Å²) in [6, 6.07) is 9.00. The van der Waals surface area contributed by atoms with Crippen LogP contribution in [0.1, 0.15) is 10.4 Å². The van der Waals surface area contributed by atoms with Crippen LogP contribution >= 0.6 is 11.6 Å². The Hall–Kier alpha value is -2.71. The first-order valence-electron chi connectivity index (χ1n) is 8.59. The molecular formula is C20H20ClNO6S. The van der Waals surface area contributed by atoms with Crippen LogP contribution in [-0.4, -0.2) is 47.4 Å². The van der Waals surface area contributed by atoms with Gasteiger partial charge in [-0.2, -0.15) is 0 Å². The Balaban J connectivity index is 2.10. The predicted octanol–water partition coefficient (Wildman–Crippen LogP) is 3.32. The van der Waals surface area contributed by atoms with Crippen LogP contribution in [0.5, 0.6) is 17.2 Å². The molecule has 1 aliphatic rings. The largest absolute Gasteiger partial charge is 0.493 e. The molecule has 1 aliphatic heterocycles. The summed E-state index contributed by atoms with van der Waals surface area (Å²) in [7, 11) is 0.996. The van der Waals surface area contributed by atoms with Crippen molar-refractivity contribution in [3.63, 3.8) is 0 Å². The number of rotatable bonds is 6. The second kappa shape index (κ2) is 8.34. The molecule has 1 atom stereocenters. The van der Waals surface area contributed by atoms with Crippen LogP contribution in [0, 0.1) is 0 Å². The Morgan fingerprint density at radius 2 is 1.62 bits per heavy atom. The molecule has 2 aromatic rings. The average molecular weight is 438 g/mol. The highest BCUT2D eigenvalue weighted by Gasteiger charge is 2.33. The van der Waals surface area contributed by atoms with E-state index in [1.54, 1.807) is 24.3 Å². The summed E-state index contributed by atoms with van der Waals surface area (Å²) in [6.07, 6.45) is 1.50. The molecule has 2 aromatic carbocycles. The summed E-state index contributed by atoms with van der Waals surface area (Å²) in [6.45, 7) is 0. The lowest BCUT2D eigenvalue weighted by atomic mass is 10.1. The minimum atomic E-state index is -3.38. The van der Waals surface area contributed by atoms with E-state index in [4.69, 9.17) is 25.8 Å². The predicted molar refractivity (Wildman–Crippen MR) is 111 cm³/mol. The fraction of sp³-hybridized carbons (Fsp3) is 0.250. The molecule has 3 rings (SSSR count). The molecule has 29 heavy (non-hydrogen) atoms. The molecular weight excluding hydrogens is 418 g/mol. The van der Waals surface area contributed by atoms with Gasteiger partial charge in [0.1, 0.15) is 0 Å². The number of ether oxygens (including phenoxy) is 3. The van der Waals surface area contributed by atoms with Gasteiger partial charge in [0.15, 0.2) is 21.3 Å². The molecule has 9 heteroatoms. The van der Waals surface area contributed by atoms with Crippen LogP contribution < -0.4 is 19.1 Å². The molecule has 7 nitrogen and oxygen atoms in total. The van der Waals surface area contributed by atoms with Gasteiger partial charge in [-0.3, -0.25) is 4.79 Å². The summed E-state index contributed by atoms with van der Waals surface area (Å²) in [5, 5.41) is 1.63. The average Bonchev–Trinajstić information content (AvgIpc) is 3.07. The van der Waals surface area contributed by atoms with Gasteiger partial charge in [0.05, 0.1) is 33.1 Å². The van der Waals surface area contributed by atoms with E-state index in [0.717, 1.165) is 5.41 Å². The minimum Gasteiger partial charge on any atom is -0.493 e. The van der Waals surface area contributed by atoms with Gasteiger partial charge in [0.25, 0.3) is 5.91 Å². The highest BCUT2D eigenvalue weighted by Crippen LogP contribution is 2.39. The lowest BCUT2D eigenvalue weighted by Crippen LogP contribution is -2.41. The molecule has 1 amide bonds. The van der Waals surface area contributed by atoms with Crippen LogP contribution in [0.25, 0.3) is 0 Å². The van der Waals surface area contributed by atoms with Crippen LogP contribution in [0.3, 0.4) is 0 Å². The number of carbonyl (C=O) groups excluding carboxylic acids is 1. The van der Waals surface area contributed by atoms with Crippen LogP contribution in [0.15, 0.2) is 47.9 Å². The first-order chi connectivity index (χ1) is 13.8. The lowest BCUT2D eigenvalue weighted by molar-refractivity contribution is 0.0982. The highest BCUT2D eigenvalue weighted by atomic mass is 35.5. The fourth-order valence-corrected chi connectivity index (χ4v) is 4.52. The maximum Gasteiger partial charge on any atom is 0.259 e. The van der Waals surface area contributed by atoms with Crippen molar-refractivity contribution in [2.75, 3.05) is 32.0 Å². The van der Waals surface area contributed by atoms with Gasteiger partial charge in [0, 0.05) is 21.7 Å². The molecule has 1 unspecified atom stereocenters. The third-order valence-electron chi connectivity index (χ3n) is 4.48. The van der Waals surface area contributed by atoms with E-state index in [1.807, 2.05) is 0 Å². The second-order valence-corrected chi connectivity index (χ2v) is 8.66. The topological polar surface area (TPSA) is 82.1 Å². The van der Waals surface area contributed by atoms with Crippen molar-refractivity contribution in [1.29, 1.82) is 0 Å². The van der Waals surface area contributed by atoms with Gasteiger partial charge < -0.3 is 19.1 Å². The number of hydrogen-bond donors (Lipinski definition) is 0. The maximum atomic E-state index is 13.5. The zero-order valence-corrected chi connectivity index (χ0v) is 17.7. The van der Waals surface area contributed by atoms with Gasteiger partial charge in [-0.1, -0.05) is 11.6 Å².